The summed E-state index contributed by atoms with van der Waals surface area (Å²) in [6.07, 6.45) is 10.4. The van der Waals surface area contributed by atoms with Crippen LogP contribution < -0.4 is 9.80 Å². The van der Waals surface area contributed by atoms with Crippen molar-refractivity contribution in [3.63, 3.8) is 0 Å². The Morgan fingerprint density at radius 2 is 1.67 bits per heavy atom. The highest BCUT2D eigenvalue weighted by Crippen LogP contribution is 2.47. The van der Waals surface area contributed by atoms with Gasteiger partial charge in [0.05, 0.1) is 23.5 Å². The van der Waals surface area contributed by atoms with E-state index in [9.17, 15) is 4.79 Å². The number of fused-ring (bicyclic) bond motifs is 1. The number of anilines is 3. The number of nitrogens with zero attached hydrogens (tertiary/aromatic N) is 6. The number of benzene rings is 1. The molecule has 1 amide bonds. The molecule has 7 nitrogen and oxygen atoms in total. The molecule has 1 aromatic carbocycles. The van der Waals surface area contributed by atoms with Crippen LogP contribution in [0.5, 0.6) is 0 Å². The summed E-state index contributed by atoms with van der Waals surface area (Å²) >= 11 is 0. The van der Waals surface area contributed by atoms with Gasteiger partial charge in [-0.15, -0.1) is 0 Å². The van der Waals surface area contributed by atoms with Gasteiger partial charge in [0.1, 0.15) is 11.6 Å². The monoisotopic (exact) mass is 442 g/mol. The highest BCUT2D eigenvalue weighted by atomic mass is 16.2. The average molecular weight is 443 g/mol. The second kappa shape index (κ2) is 7.61. The number of carbonyl (C=O) groups excluding carboxylic acids is 1. The molecular weight excluding hydrogens is 412 g/mol. The molecule has 0 N–H and O–H groups in total. The molecule has 0 saturated carbocycles. The van der Waals surface area contributed by atoms with E-state index in [1.807, 2.05) is 57.6 Å². The Bertz CT molecular complexity index is 1210. The Hall–Kier alpha value is -3.35. The number of hydrogen-bond donors (Lipinski definition) is 0. The minimum Gasteiger partial charge on any atom is -0.349 e. The highest BCUT2D eigenvalue weighted by molar-refractivity contribution is 6.12. The Morgan fingerprint density at radius 3 is 2.30 bits per heavy atom. The number of rotatable bonds is 5. The van der Waals surface area contributed by atoms with Gasteiger partial charge in [-0.2, -0.15) is 0 Å². The van der Waals surface area contributed by atoms with Crippen molar-refractivity contribution in [1.82, 2.24) is 19.9 Å². The van der Waals surface area contributed by atoms with Crippen LogP contribution in [0.25, 0.3) is 11.1 Å². The molecule has 7 heteroatoms. The molecule has 4 heterocycles. The van der Waals surface area contributed by atoms with Crippen molar-refractivity contribution in [1.29, 1.82) is 0 Å². The summed E-state index contributed by atoms with van der Waals surface area (Å²) in [6, 6.07) is 6.11. The van der Waals surface area contributed by atoms with Crippen molar-refractivity contribution in [2.75, 3.05) is 16.3 Å². The molecule has 2 aliphatic heterocycles. The van der Waals surface area contributed by atoms with Crippen molar-refractivity contribution in [2.45, 2.75) is 64.8 Å². The number of amides is 1. The van der Waals surface area contributed by atoms with Gasteiger partial charge >= 0.3 is 0 Å². The first kappa shape index (κ1) is 21.5. The van der Waals surface area contributed by atoms with Crippen molar-refractivity contribution in [3.05, 3.63) is 54.4 Å². The van der Waals surface area contributed by atoms with Crippen LogP contribution in [0, 0.1) is 6.92 Å². The average Bonchev–Trinajstić information content (AvgIpc) is 3.00. The van der Waals surface area contributed by atoms with Gasteiger partial charge in [0.2, 0.25) is 5.91 Å². The van der Waals surface area contributed by atoms with E-state index in [1.165, 1.54) is 0 Å². The van der Waals surface area contributed by atoms with Gasteiger partial charge in [0.15, 0.2) is 5.82 Å². The molecule has 3 aromatic rings. The highest BCUT2D eigenvalue weighted by Gasteiger charge is 2.46. The fraction of sp³-hybridized carbons (Fsp3) is 0.423. The summed E-state index contributed by atoms with van der Waals surface area (Å²) in [7, 11) is 0. The number of carbonyl (C=O) groups is 1. The predicted octanol–water partition coefficient (Wildman–Crippen LogP) is 4.97. The molecule has 5 rings (SSSR count). The van der Waals surface area contributed by atoms with Crippen molar-refractivity contribution < 1.29 is 4.79 Å². The first-order valence-electron chi connectivity index (χ1n) is 11.7. The molecule has 170 valence electrons. The lowest BCUT2D eigenvalue weighted by atomic mass is 9.80. The van der Waals surface area contributed by atoms with Gasteiger partial charge in [-0.1, -0.05) is 26.0 Å². The van der Waals surface area contributed by atoms with Gasteiger partial charge < -0.3 is 4.90 Å². The Kier molecular flexibility index (Phi) is 4.96. The zero-order chi connectivity index (χ0) is 23.4. The molecule has 2 aromatic heterocycles. The molecule has 2 aliphatic rings. The zero-order valence-electron chi connectivity index (χ0n) is 20.0. The molecule has 0 radical (unpaired) electrons. The second-order valence-electron chi connectivity index (χ2n) is 9.59. The van der Waals surface area contributed by atoms with E-state index < -0.39 is 5.41 Å². The summed E-state index contributed by atoms with van der Waals surface area (Å²) < 4.78 is 0. The van der Waals surface area contributed by atoms with Gasteiger partial charge in [-0.3, -0.25) is 14.7 Å². The second-order valence-corrected chi connectivity index (χ2v) is 9.59. The van der Waals surface area contributed by atoms with Crippen LogP contribution in [0.3, 0.4) is 0 Å². The van der Waals surface area contributed by atoms with Crippen LogP contribution in [0.15, 0.2) is 43.0 Å². The Morgan fingerprint density at radius 1 is 0.970 bits per heavy atom. The van der Waals surface area contributed by atoms with Crippen LogP contribution in [0.1, 0.15) is 58.3 Å². The van der Waals surface area contributed by atoms with E-state index in [-0.39, 0.29) is 11.4 Å². The fourth-order valence-corrected chi connectivity index (χ4v) is 5.16. The number of hydrogen-bond acceptors (Lipinski definition) is 6. The van der Waals surface area contributed by atoms with Crippen LogP contribution in [-0.4, -0.2) is 37.9 Å². The van der Waals surface area contributed by atoms with E-state index >= 15 is 0 Å². The van der Waals surface area contributed by atoms with E-state index in [1.54, 1.807) is 11.1 Å². The lowest BCUT2D eigenvalue weighted by Crippen LogP contribution is -2.59. The standard InChI is InChI=1S/C26H30N6O/c1-6-26(7-2)10-11-31(26)22-15-27-16-23(30-22)32-21-12-18(19-13-28-17(3)29-14-19)8-9-20(21)25(4,5)24(32)33/h8-9,12-16H,6-7,10-11H2,1-5H3. The van der Waals surface area contributed by atoms with Crippen LogP contribution in [-0.2, 0) is 10.2 Å². The summed E-state index contributed by atoms with van der Waals surface area (Å²) in [4.78, 5) is 35.8. The van der Waals surface area contributed by atoms with Gasteiger partial charge in [0.25, 0.3) is 0 Å². The normalized spacial score (nSPS) is 18.3. The van der Waals surface area contributed by atoms with Crippen LogP contribution in [0.4, 0.5) is 17.3 Å². The molecular formula is C26H30N6O. The summed E-state index contributed by atoms with van der Waals surface area (Å²) in [5.41, 5.74) is 3.19. The van der Waals surface area contributed by atoms with Gasteiger partial charge in [0, 0.05) is 30.0 Å². The lowest BCUT2D eigenvalue weighted by molar-refractivity contribution is -0.121. The summed E-state index contributed by atoms with van der Waals surface area (Å²) in [6.45, 7) is 11.2. The maximum Gasteiger partial charge on any atom is 0.242 e. The van der Waals surface area contributed by atoms with Crippen molar-refractivity contribution >= 4 is 23.2 Å². The van der Waals surface area contributed by atoms with E-state index in [0.717, 1.165) is 59.8 Å². The minimum absolute atomic E-state index is 0.00196. The third-order valence-electron chi connectivity index (χ3n) is 7.57. The smallest absolute Gasteiger partial charge is 0.242 e. The summed E-state index contributed by atoms with van der Waals surface area (Å²) in [5, 5.41) is 0. The third-order valence-corrected chi connectivity index (χ3v) is 7.57. The van der Waals surface area contributed by atoms with E-state index in [0.29, 0.717) is 5.82 Å². The maximum atomic E-state index is 13.6. The first-order chi connectivity index (χ1) is 15.8. The Balaban J connectivity index is 1.58. The Labute approximate surface area is 194 Å². The van der Waals surface area contributed by atoms with Crippen LogP contribution in [0.2, 0.25) is 0 Å². The quantitative estimate of drug-likeness (QED) is 0.556. The summed E-state index contributed by atoms with van der Waals surface area (Å²) in [5.74, 6) is 2.13. The molecule has 33 heavy (non-hydrogen) atoms. The molecule has 1 saturated heterocycles. The number of aromatic nitrogens is 4. The van der Waals surface area contributed by atoms with Crippen molar-refractivity contribution in [3.8, 4) is 11.1 Å². The minimum atomic E-state index is -0.650. The van der Waals surface area contributed by atoms with E-state index in [4.69, 9.17) is 4.98 Å². The first-order valence-corrected chi connectivity index (χ1v) is 11.7. The topological polar surface area (TPSA) is 75.1 Å². The van der Waals surface area contributed by atoms with Gasteiger partial charge in [-0.25, -0.2) is 15.0 Å². The third kappa shape index (κ3) is 3.21. The predicted molar refractivity (Wildman–Crippen MR) is 130 cm³/mol. The molecule has 0 unspecified atom stereocenters. The van der Waals surface area contributed by atoms with E-state index in [2.05, 4.69) is 33.7 Å². The fourth-order valence-electron chi connectivity index (χ4n) is 5.16. The molecule has 0 spiro atoms. The molecule has 0 aliphatic carbocycles. The zero-order valence-corrected chi connectivity index (χ0v) is 20.0. The van der Waals surface area contributed by atoms with Gasteiger partial charge in [-0.05, 0) is 57.2 Å². The molecule has 0 bridgehead atoms. The number of aryl methyl sites for hydroxylation is 1. The lowest BCUT2D eigenvalue weighted by Gasteiger charge is -2.53. The van der Waals surface area contributed by atoms with Crippen molar-refractivity contribution in [2.24, 2.45) is 0 Å². The SMILES string of the molecule is CCC1(CC)CCN1c1cncc(N2C(=O)C(C)(C)c3ccc(-c4cnc(C)nc4)cc32)n1. The van der Waals surface area contributed by atoms with Crippen LogP contribution >= 0.6 is 0 Å². The molecule has 0 atom stereocenters. The maximum absolute atomic E-state index is 13.6. The largest absolute Gasteiger partial charge is 0.349 e. The molecule has 1 fully saturated rings.